The minimum absolute atomic E-state index is 0.165. The minimum atomic E-state index is -0.565. The lowest BCUT2D eigenvalue weighted by atomic mass is 10.2. The van der Waals surface area contributed by atoms with Crippen LogP contribution < -0.4 is 10.1 Å². The minimum Gasteiger partial charge on any atom is -0.457 e. The van der Waals surface area contributed by atoms with Gasteiger partial charge in [-0.2, -0.15) is 10.5 Å². The van der Waals surface area contributed by atoms with E-state index in [1.54, 1.807) is 30.3 Å². The van der Waals surface area contributed by atoms with Crippen molar-refractivity contribution in [2.45, 2.75) is 6.92 Å². The normalized spacial score (nSPS) is 9.44. The summed E-state index contributed by atoms with van der Waals surface area (Å²) in [6.45, 7) is 1.81. The predicted octanol–water partition coefficient (Wildman–Crippen LogP) is 4.69. The van der Waals surface area contributed by atoms with E-state index in [0.717, 1.165) is 11.8 Å². The van der Waals surface area contributed by atoms with Crippen molar-refractivity contribution in [1.82, 2.24) is 0 Å². The second kappa shape index (κ2) is 7.82. The molecule has 1 N–H and O–H groups in total. The summed E-state index contributed by atoms with van der Waals surface area (Å²) in [7, 11) is 0. The van der Waals surface area contributed by atoms with Crippen molar-refractivity contribution in [2.75, 3.05) is 5.32 Å². The summed E-state index contributed by atoms with van der Waals surface area (Å²) in [5.74, 6) is 0.695. The molecule has 0 spiro atoms. The van der Waals surface area contributed by atoms with Crippen molar-refractivity contribution in [3.63, 3.8) is 0 Å². The average Bonchev–Trinajstić information content (AvgIpc) is 2.59. The van der Waals surface area contributed by atoms with Gasteiger partial charge in [0.25, 0.3) is 5.69 Å². The third-order valence-electron chi connectivity index (χ3n) is 3.09. The first-order chi connectivity index (χ1) is 11.9. The van der Waals surface area contributed by atoms with Gasteiger partial charge in [0.2, 0.25) is 0 Å². The van der Waals surface area contributed by atoms with E-state index < -0.39 is 4.92 Å². The number of non-ortho nitro benzene ring substituents is 1. The molecule has 0 saturated carbocycles. The Kier molecular flexibility index (Phi) is 5.57. The number of aryl methyl sites for hydroxylation is 1. The second-order valence-corrected chi connectivity index (χ2v) is 5.32. The predicted molar refractivity (Wildman–Crippen MR) is 92.3 cm³/mol. The molecule has 0 aliphatic carbocycles. The summed E-state index contributed by atoms with van der Waals surface area (Å²) in [4.78, 5) is 10.5. The fraction of sp³-hybridized carbons (Fsp3) is 0.0588. The Morgan fingerprint density at radius 2 is 1.96 bits per heavy atom. The van der Waals surface area contributed by atoms with Crippen LogP contribution >= 0.6 is 11.6 Å². The highest BCUT2D eigenvalue weighted by atomic mass is 35.5. The van der Waals surface area contributed by atoms with E-state index in [4.69, 9.17) is 26.9 Å². The highest BCUT2D eigenvalue weighted by Gasteiger charge is 2.11. The van der Waals surface area contributed by atoms with Crippen molar-refractivity contribution in [1.29, 1.82) is 10.5 Å². The molecule has 8 heteroatoms. The lowest BCUT2D eigenvalue weighted by molar-refractivity contribution is -0.384. The highest BCUT2D eigenvalue weighted by molar-refractivity contribution is 6.31. The Morgan fingerprint density at radius 3 is 2.56 bits per heavy atom. The number of halogens is 1. The second-order valence-electron chi connectivity index (χ2n) is 4.91. The van der Waals surface area contributed by atoms with Gasteiger partial charge in [-0.1, -0.05) is 11.6 Å². The Morgan fingerprint density at radius 1 is 1.24 bits per heavy atom. The molecular weight excluding hydrogens is 344 g/mol. The third kappa shape index (κ3) is 4.71. The average molecular weight is 355 g/mol. The van der Waals surface area contributed by atoms with Crippen LogP contribution in [0.4, 0.5) is 11.4 Å². The summed E-state index contributed by atoms with van der Waals surface area (Å²) in [5, 5.41) is 31.8. The molecule has 2 aromatic carbocycles. The molecule has 0 amide bonds. The Hall–Kier alpha value is -3.55. The van der Waals surface area contributed by atoms with Gasteiger partial charge in [-0.15, -0.1) is 0 Å². The lowest BCUT2D eigenvalue weighted by Crippen LogP contribution is -1.95. The summed E-state index contributed by atoms with van der Waals surface area (Å²) in [5.41, 5.74) is 0.744. The molecule has 0 unspecified atom stereocenters. The van der Waals surface area contributed by atoms with Crippen molar-refractivity contribution in [3.8, 4) is 23.6 Å². The molecule has 0 saturated heterocycles. The zero-order valence-electron chi connectivity index (χ0n) is 13.0. The molecule has 2 rings (SSSR count). The molecule has 0 atom stereocenters. The van der Waals surface area contributed by atoms with Gasteiger partial charge in [0.15, 0.2) is 0 Å². The number of anilines is 1. The Labute approximate surface area is 148 Å². The molecule has 124 valence electrons. The summed E-state index contributed by atoms with van der Waals surface area (Å²) >= 11 is 5.96. The number of nitro benzene ring substituents is 1. The largest absolute Gasteiger partial charge is 0.457 e. The van der Waals surface area contributed by atoms with Crippen LogP contribution in [0.1, 0.15) is 5.56 Å². The number of benzene rings is 2. The number of allylic oxidation sites excluding steroid dienone is 1. The van der Waals surface area contributed by atoms with Gasteiger partial charge in [0, 0.05) is 29.0 Å². The van der Waals surface area contributed by atoms with Crippen LogP contribution in [-0.4, -0.2) is 4.92 Å². The lowest BCUT2D eigenvalue weighted by Gasteiger charge is -2.09. The number of nitrogens with zero attached hydrogens (tertiary/aromatic N) is 3. The molecule has 2 aromatic rings. The van der Waals surface area contributed by atoms with Gasteiger partial charge in [-0.25, -0.2) is 0 Å². The van der Waals surface area contributed by atoms with Gasteiger partial charge in [0.05, 0.1) is 11.0 Å². The van der Waals surface area contributed by atoms with Gasteiger partial charge < -0.3 is 10.1 Å². The fourth-order valence-corrected chi connectivity index (χ4v) is 2.01. The van der Waals surface area contributed by atoms with Crippen LogP contribution in [0.5, 0.6) is 11.5 Å². The van der Waals surface area contributed by atoms with Crippen molar-refractivity contribution in [3.05, 3.63) is 68.9 Å². The van der Waals surface area contributed by atoms with E-state index in [1.807, 2.05) is 6.92 Å². The molecule has 0 radical (unpaired) electrons. The Balaban J connectivity index is 2.35. The molecule has 0 aliphatic heterocycles. The van der Waals surface area contributed by atoms with Crippen LogP contribution in [0.15, 0.2) is 48.2 Å². The smallest absolute Gasteiger partial charge is 0.275 e. The van der Waals surface area contributed by atoms with Crippen LogP contribution in [0.25, 0.3) is 0 Å². The van der Waals surface area contributed by atoms with E-state index in [2.05, 4.69) is 5.32 Å². The molecular formula is C17H11ClN4O3. The first-order valence-electron chi connectivity index (χ1n) is 6.93. The van der Waals surface area contributed by atoms with Gasteiger partial charge in [-0.3, -0.25) is 10.1 Å². The monoisotopic (exact) mass is 354 g/mol. The summed E-state index contributed by atoms with van der Waals surface area (Å²) in [6, 6.07) is 12.4. The fourth-order valence-electron chi connectivity index (χ4n) is 1.89. The number of rotatable bonds is 5. The van der Waals surface area contributed by atoms with Crippen molar-refractivity contribution >= 4 is 23.0 Å². The van der Waals surface area contributed by atoms with Crippen LogP contribution in [0, 0.1) is 39.7 Å². The van der Waals surface area contributed by atoms with Crippen LogP contribution in [0.3, 0.4) is 0 Å². The third-order valence-corrected chi connectivity index (χ3v) is 3.52. The van der Waals surface area contributed by atoms with Crippen LogP contribution in [-0.2, 0) is 0 Å². The quantitative estimate of drug-likeness (QED) is 0.473. The van der Waals surface area contributed by atoms with Crippen LogP contribution in [0.2, 0.25) is 5.02 Å². The number of nitrogens with one attached hydrogen (secondary N) is 1. The van der Waals surface area contributed by atoms with E-state index in [1.165, 1.54) is 18.2 Å². The SMILES string of the molecule is Cc1cc(Oc2cc(NC=C(C#N)C#N)cc([N+](=O)[O-])c2)ccc1Cl. The maximum absolute atomic E-state index is 11.1. The topological polar surface area (TPSA) is 112 Å². The zero-order valence-corrected chi connectivity index (χ0v) is 13.7. The number of hydrogen-bond acceptors (Lipinski definition) is 6. The van der Waals surface area contributed by atoms with Gasteiger partial charge in [0.1, 0.15) is 29.2 Å². The molecule has 7 nitrogen and oxygen atoms in total. The van der Waals surface area contributed by atoms with Gasteiger partial charge in [-0.05, 0) is 30.7 Å². The van der Waals surface area contributed by atoms with E-state index >= 15 is 0 Å². The maximum Gasteiger partial charge on any atom is 0.275 e. The van der Waals surface area contributed by atoms with E-state index in [0.29, 0.717) is 16.5 Å². The number of ether oxygens (including phenoxy) is 1. The molecule has 0 heterocycles. The summed E-state index contributed by atoms with van der Waals surface area (Å²) < 4.78 is 5.65. The maximum atomic E-state index is 11.1. The number of hydrogen-bond donors (Lipinski definition) is 1. The zero-order chi connectivity index (χ0) is 18.4. The highest BCUT2D eigenvalue weighted by Crippen LogP contribution is 2.31. The first kappa shape index (κ1) is 17.8. The molecule has 25 heavy (non-hydrogen) atoms. The van der Waals surface area contributed by atoms with Gasteiger partial charge >= 0.3 is 0 Å². The molecule has 0 aliphatic rings. The Bertz CT molecular complexity index is 926. The first-order valence-corrected chi connectivity index (χ1v) is 7.31. The summed E-state index contributed by atoms with van der Waals surface area (Å²) in [6.07, 6.45) is 1.16. The van der Waals surface area contributed by atoms with Crippen molar-refractivity contribution in [2.24, 2.45) is 0 Å². The standard InChI is InChI=1S/C17H11ClN4O3/c1-11-4-15(2-3-17(11)18)25-16-6-13(5-14(7-16)22(23)24)21-10-12(8-19)9-20/h2-7,10,21H,1H3. The molecule has 0 aromatic heterocycles. The number of nitriles is 2. The molecule has 0 fully saturated rings. The molecule has 0 bridgehead atoms. The number of nitro groups is 1. The van der Waals surface area contributed by atoms with E-state index in [9.17, 15) is 10.1 Å². The van der Waals surface area contributed by atoms with Crippen molar-refractivity contribution < 1.29 is 9.66 Å². The van der Waals surface area contributed by atoms with E-state index in [-0.39, 0.29) is 17.0 Å².